The van der Waals surface area contributed by atoms with E-state index in [1.165, 1.54) is 0 Å². The van der Waals surface area contributed by atoms with Crippen molar-refractivity contribution in [1.82, 2.24) is 4.98 Å². The summed E-state index contributed by atoms with van der Waals surface area (Å²) in [5, 5.41) is 10.5. The molecule has 98 valence electrons. The molecule has 2 aromatic heterocycles. The number of hydrogen-bond donors (Lipinski definition) is 0. The normalized spacial score (nSPS) is 10.4. The van der Waals surface area contributed by atoms with E-state index in [0.29, 0.717) is 22.0 Å². The van der Waals surface area contributed by atoms with Gasteiger partial charge in [0.2, 0.25) is 5.76 Å². The van der Waals surface area contributed by atoms with Crippen LogP contribution >= 0.6 is 11.6 Å². The number of hydrogen-bond acceptors (Lipinski definition) is 4. The Hall–Kier alpha value is -2.51. The molecule has 0 amide bonds. The van der Waals surface area contributed by atoms with E-state index in [1.807, 2.05) is 24.3 Å². The number of benzene rings is 1. The van der Waals surface area contributed by atoms with Crippen LogP contribution < -0.4 is 4.74 Å². The van der Waals surface area contributed by atoms with Gasteiger partial charge in [0.25, 0.3) is 0 Å². The standard InChI is InChI=1S/C15H9ClN2O2/c16-10-5-6-18-11(7-10)9-19-15-12-3-1-2-4-13(12)20-14(15)8-17/h1-7H,9H2. The van der Waals surface area contributed by atoms with Gasteiger partial charge in [0.15, 0.2) is 5.75 Å². The molecule has 5 heteroatoms. The number of nitrogens with zero attached hydrogens (tertiary/aromatic N) is 2. The minimum Gasteiger partial charge on any atom is -0.482 e. The summed E-state index contributed by atoms with van der Waals surface area (Å²) in [5.74, 6) is 0.595. The summed E-state index contributed by atoms with van der Waals surface area (Å²) < 4.78 is 11.1. The zero-order chi connectivity index (χ0) is 13.9. The van der Waals surface area contributed by atoms with Gasteiger partial charge in [0.05, 0.1) is 11.1 Å². The molecule has 0 unspecified atom stereocenters. The number of nitriles is 1. The van der Waals surface area contributed by atoms with Crippen LogP contribution in [0, 0.1) is 11.3 Å². The first-order valence-electron chi connectivity index (χ1n) is 5.93. The zero-order valence-electron chi connectivity index (χ0n) is 10.3. The van der Waals surface area contributed by atoms with E-state index in [1.54, 1.807) is 24.4 Å². The van der Waals surface area contributed by atoms with Gasteiger partial charge in [-0.3, -0.25) is 4.98 Å². The molecule has 4 nitrogen and oxygen atoms in total. The van der Waals surface area contributed by atoms with E-state index in [4.69, 9.17) is 26.0 Å². The largest absolute Gasteiger partial charge is 0.482 e. The van der Waals surface area contributed by atoms with Crippen LogP contribution in [0.2, 0.25) is 5.02 Å². The fourth-order valence-corrected chi connectivity index (χ4v) is 2.09. The Morgan fingerprint density at radius 1 is 1.30 bits per heavy atom. The number of aromatic nitrogens is 1. The van der Waals surface area contributed by atoms with Crippen LogP contribution in [0.15, 0.2) is 47.0 Å². The van der Waals surface area contributed by atoms with E-state index in [-0.39, 0.29) is 12.4 Å². The smallest absolute Gasteiger partial charge is 0.246 e. The fourth-order valence-electron chi connectivity index (χ4n) is 1.91. The monoisotopic (exact) mass is 284 g/mol. The Morgan fingerprint density at radius 3 is 2.95 bits per heavy atom. The Labute approximate surface area is 120 Å². The maximum Gasteiger partial charge on any atom is 0.246 e. The summed E-state index contributed by atoms with van der Waals surface area (Å²) in [6, 6.07) is 12.8. The number of pyridine rings is 1. The second-order valence-corrected chi connectivity index (χ2v) is 4.56. The quantitative estimate of drug-likeness (QED) is 0.731. The molecular formula is C15H9ClN2O2. The highest BCUT2D eigenvalue weighted by Gasteiger charge is 2.15. The van der Waals surface area contributed by atoms with E-state index in [9.17, 15) is 0 Å². The molecule has 0 bridgehead atoms. The average Bonchev–Trinajstić information content (AvgIpc) is 2.83. The van der Waals surface area contributed by atoms with Crippen LogP contribution in [0.5, 0.6) is 5.75 Å². The Kier molecular flexibility index (Phi) is 3.28. The molecule has 0 atom stereocenters. The summed E-state index contributed by atoms with van der Waals surface area (Å²) in [7, 11) is 0. The van der Waals surface area contributed by atoms with Crippen LogP contribution in [0.3, 0.4) is 0 Å². The summed E-state index contributed by atoms with van der Waals surface area (Å²) in [6.07, 6.45) is 1.61. The van der Waals surface area contributed by atoms with E-state index in [2.05, 4.69) is 4.98 Å². The molecule has 0 aliphatic carbocycles. The summed E-state index contributed by atoms with van der Waals surface area (Å²) >= 11 is 5.89. The van der Waals surface area contributed by atoms with Crippen molar-refractivity contribution >= 4 is 22.6 Å². The molecule has 0 saturated carbocycles. The number of fused-ring (bicyclic) bond motifs is 1. The molecule has 0 N–H and O–H groups in total. The number of rotatable bonds is 3. The van der Waals surface area contributed by atoms with Gasteiger partial charge in [-0.25, -0.2) is 0 Å². The van der Waals surface area contributed by atoms with Crippen LogP contribution in [0.1, 0.15) is 11.5 Å². The van der Waals surface area contributed by atoms with Crippen LogP contribution in [-0.4, -0.2) is 4.98 Å². The first-order valence-corrected chi connectivity index (χ1v) is 6.30. The third kappa shape index (κ3) is 2.31. The zero-order valence-corrected chi connectivity index (χ0v) is 11.1. The van der Waals surface area contributed by atoms with E-state index in [0.717, 1.165) is 5.39 Å². The van der Waals surface area contributed by atoms with Crippen LogP contribution in [0.4, 0.5) is 0 Å². The first-order chi connectivity index (χ1) is 9.78. The minimum absolute atomic E-state index is 0.160. The molecule has 2 heterocycles. The van der Waals surface area contributed by atoms with Gasteiger partial charge in [-0.05, 0) is 24.3 Å². The van der Waals surface area contributed by atoms with E-state index < -0.39 is 0 Å². The molecule has 3 rings (SSSR count). The van der Waals surface area contributed by atoms with Crippen molar-refractivity contribution in [2.24, 2.45) is 0 Å². The fraction of sp³-hybridized carbons (Fsp3) is 0.0667. The van der Waals surface area contributed by atoms with Gasteiger partial charge < -0.3 is 9.15 Å². The Balaban J connectivity index is 1.93. The maximum atomic E-state index is 9.10. The van der Waals surface area contributed by atoms with Crippen LogP contribution in [-0.2, 0) is 6.61 Å². The molecule has 0 saturated heterocycles. The lowest BCUT2D eigenvalue weighted by molar-refractivity contribution is 0.299. The highest BCUT2D eigenvalue weighted by atomic mass is 35.5. The number of para-hydroxylation sites is 1. The lowest BCUT2D eigenvalue weighted by atomic mass is 10.2. The summed E-state index contributed by atoms with van der Waals surface area (Å²) in [6.45, 7) is 0.221. The highest BCUT2D eigenvalue weighted by Crippen LogP contribution is 2.32. The molecular weight excluding hydrogens is 276 g/mol. The molecule has 20 heavy (non-hydrogen) atoms. The third-order valence-electron chi connectivity index (χ3n) is 2.79. The topological polar surface area (TPSA) is 59.0 Å². The number of furan rings is 1. The number of halogens is 1. The predicted molar refractivity (Wildman–Crippen MR) is 74.5 cm³/mol. The van der Waals surface area contributed by atoms with Crippen molar-refractivity contribution in [2.75, 3.05) is 0 Å². The third-order valence-corrected chi connectivity index (χ3v) is 3.03. The van der Waals surface area contributed by atoms with Crippen molar-refractivity contribution in [1.29, 1.82) is 5.26 Å². The molecule has 0 fully saturated rings. The van der Waals surface area contributed by atoms with Gasteiger partial charge in [-0.1, -0.05) is 23.7 Å². The average molecular weight is 285 g/mol. The van der Waals surface area contributed by atoms with Gasteiger partial charge in [0, 0.05) is 11.2 Å². The molecule has 3 aromatic rings. The van der Waals surface area contributed by atoms with Crippen molar-refractivity contribution in [3.05, 3.63) is 59.1 Å². The maximum absolute atomic E-state index is 9.10. The van der Waals surface area contributed by atoms with Gasteiger partial charge in [-0.15, -0.1) is 0 Å². The lowest BCUT2D eigenvalue weighted by Gasteiger charge is -2.04. The summed E-state index contributed by atoms with van der Waals surface area (Å²) in [5.41, 5.74) is 1.31. The molecule has 0 aliphatic rings. The molecule has 0 spiro atoms. The first kappa shape index (κ1) is 12.5. The van der Waals surface area contributed by atoms with Gasteiger partial charge in [-0.2, -0.15) is 5.26 Å². The molecule has 0 aliphatic heterocycles. The van der Waals surface area contributed by atoms with Crippen molar-refractivity contribution < 1.29 is 9.15 Å². The second-order valence-electron chi connectivity index (χ2n) is 4.12. The van der Waals surface area contributed by atoms with Crippen molar-refractivity contribution in [2.45, 2.75) is 6.61 Å². The minimum atomic E-state index is 0.160. The van der Waals surface area contributed by atoms with Crippen molar-refractivity contribution in [3.63, 3.8) is 0 Å². The van der Waals surface area contributed by atoms with Gasteiger partial charge in [0.1, 0.15) is 18.3 Å². The van der Waals surface area contributed by atoms with Crippen molar-refractivity contribution in [3.8, 4) is 11.8 Å². The molecule has 0 radical (unpaired) electrons. The predicted octanol–water partition coefficient (Wildman–Crippen LogP) is 3.93. The second kappa shape index (κ2) is 5.24. The Bertz CT molecular complexity index is 805. The SMILES string of the molecule is N#Cc1oc2ccccc2c1OCc1cc(Cl)ccn1. The van der Waals surface area contributed by atoms with E-state index >= 15 is 0 Å². The Morgan fingerprint density at radius 2 is 2.15 bits per heavy atom. The molecule has 1 aromatic carbocycles. The number of ether oxygens (including phenoxy) is 1. The highest BCUT2D eigenvalue weighted by molar-refractivity contribution is 6.30. The van der Waals surface area contributed by atoms with Crippen LogP contribution in [0.25, 0.3) is 11.0 Å². The van der Waals surface area contributed by atoms with Gasteiger partial charge >= 0.3 is 0 Å². The lowest BCUT2D eigenvalue weighted by Crippen LogP contribution is -1.98. The summed E-state index contributed by atoms with van der Waals surface area (Å²) in [4.78, 5) is 4.15.